The molecule has 1 aliphatic carbocycles. The molecule has 1 aliphatic rings. The minimum Gasteiger partial charge on any atom is -0.328 e. The Morgan fingerprint density at radius 3 is 2.43 bits per heavy atom. The average Bonchev–Trinajstić information content (AvgIpc) is 2.25. The summed E-state index contributed by atoms with van der Waals surface area (Å²) in [4.78, 5) is 0. The largest absolute Gasteiger partial charge is 0.328 e. The van der Waals surface area contributed by atoms with Crippen molar-refractivity contribution in [2.24, 2.45) is 17.1 Å². The Morgan fingerprint density at radius 2 is 1.79 bits per heavy atom. The van der Waals surface area contributed by atoms with E-state index in [1.165, 1.54) is 44.9 Å². The van der Waals surface area contributed by atoms with Gasteiger partial charge in [0, 0.05) is 6.04 Å². The van der Waals surface area contributed by atoms with Gasteiger partial charge in [0.2, 0.25) is 0 Å². The standard InChI is InChI=1S/C13H27N/c1-13(2,3)9-8-11-6-4-5-7-12(14)10-11/h11-12H,4-10,14H2,1-3H3. The number of hydrogen-bond acceptors (Lipinski definition) is 1. The van der Waals surface area contributed by atoms with E-state index in [1.807, 2.05) is 0 Å². The van der Waals surface area contributed by atoms with Gasteiger partial charge in [-0.15, -0.1) is 0 Å². The molecule has 1 rings (SSSR count). The third kappa shape index (κ3) is 4.99. The predicted octanol–water partition coefficient (Wildman–Crippen LogP) is 3.72. The first-order valence-electron chi connectivity index (χ1n) is 6.23. The maximum Gasteiger partial charge on any atom is 0.00414 e. The molecular weight excluding hydrogens is 170 g/mol. The molecule has 0 bridgehead atoms. The Kier molecular flexibility index (Phi) is 4.43. The maximum atomic E-state index is 6.06. The summed E-state index contributed by atoms with van der Waals surface area (Å²) in [6.45, 7) is 7.01. The second kappa shape index (κ2) is 5.16. The van der Waals surface area contributed by atoms with Crippen LogP contribution < -0.4 is 5.73 Å². The molecule has 2 unspecified atom stereocenters. The lowest BCUT2D eigenvalue weighted by atomic mass is 9.84. The highest BCUT2D eigenvalue weighted by atomic mass is 14.6. The molecule has 84 valence electrons. The average molecular weight is 197 g/mol. The molecule has 0 amide bonds. The van der Waals surface area contributed by atoms with Gasteiger partial charge in [-0.3, -0.25) is 0 Å². The van der Waals surface area contributed by atoms with Crippen LogP contribution in [0, 0.1) is 11.3 Å². The van der Waals surface area contributed by atoms with Gasteiger partial charge in [-0.1, -0.05) is 40.0 Å². The van der Waals surface area contributed by atoms with Gasteiger partial charge < -0.3 is 5.73 Å². The summed E-state index contributed by atoms with van der Waals surface area (Å²) < 4.78 is 0. The second-order valence-corrected chi connectivity index (χ2v) is 6.25. The van der Waals surface area contributed by atoms with Gasteiger partial charge in [0.25, 0.3) is 0 Å². The molecular formula is C13H27N. The van der Waals surface area contributed by atoms with E-state index >= 15 is 0 Å². The summed E-state index contributed by atoms with van der Waals surface area (Å²) >= 11 is 0. The van der Waals surface area contributed by atoms with E-state index in [0.717, 1.165) is 5.92 Å². The molecule has 0 saturated heterocycles. The lowest BCUT2D eigenvalue weighted by Crippen LogP contribution is -2.22. The molecule has 0 spiro atoms. The summed E-state index contributed by atoms with van der Waals surface area (Å²) in [5.41, 5.74) is 6.56. The molecule has 0 aromatic heterocycles. The highest BCUT2D eigenvalue weighted by Gasteiger charge is 2.19. The van der Waals surface area contributed by atoms with E-state index in [-0.39, 0.29) is 0 Å². The Labute approximate surface area is 89.5 Å². The summed E-state index contributed by atoms with van der Waals surface area (Å²) in [7, 11) is 0. The van der Waals surface area contributed by atoms with E-state index in [1.54, 1.807) is 0 Å². The van der Waals surface area contributed by atoms with Crippen molar-refractivity contribution in [2.45, 2.75) is 71.8 Å². The molecule has 1 saturated carbocycles. The fraction of sp³-hybridized carbons (Fsp3) is 1.00. The smallest absolute Gasteiger partial charge is 0.00414 e. The van der Waals surface area contributed by atoms with Crippen molar-refractivity contribution in [3.63, 3.8) is 0 Å². The first-order chi connectivity index (χ1) is 6.47. The van der Waals surface area contributed by atoms with E-state index in [2.05, 4.69) is 20.8 Å². The molecule has 1 nitrogen and oxygen atoms in total. The van der Waals surface area contributed by atoms with Crippen LogP contribution in [0.25, 0.3) is 0 Å². The third-order valence-corrected chi connectivity index (χ3v) is 3.38. The topological polar surface area (TPSA) is 26.0 Å². The molecule has 0 aromatic rings. The van der Waals surface area contributed by atoms with Crippen LogP contribution in [0.1, 0.15) is 65.7 Å². The minimum atomic E-state index is 0.488. The fourth-order valence-electron chi connectivity index (χ4n) is 2.40. The van der Waals surface area contributed by atoms with Gasteiger partial charge in [-0.2, -0.15) is 0 Å². The van der Waals surface area contributed by atoms with Gasteiger partial charge in [0.05, 0.1) is 0 Å². The van der Waals surface area contributed by atoms with Crippen LogP contribution in [-0.4, -0.2) is 6.04 Å². The van der Waals surface area contributed by atoms with Gasteiger partial charge in [0.15, 0.2) is 0 Å². The molecule has 0 radical (unpaired) electrons. The lowest BCUT2D eigenvalue weighted by molar-refractivity contribution is 0.300. The molecule has 1 fully saturated rings. The van der Waals surface area contributed by atoms with E-state index in [9.17, 15) is 0 Å². The van der Waals surface area contributed by atoms with Crippen LogP contribution in [0.2, 0.25) is 0 Å². The highest BCUT2D eigenvalue weighted by Crippen LogP contribution is 2.30. The summed E-state index contributed by atoms with van der Waals surface area (Å²) in [5.74, 6) is 0.909. The monoisotopic (exact) mass is 197 g/mol. The first-order valence-corrected chi connectivity index (χ1v) is 6.23. The van der Waals surface area contributed by atoms with Crippen LogP contribution in [0.3, 0.4) is 0 Å². The van der Waals surface area contributed by atoms with E-state index < -0.39 is 0 Å². The van der Waals surface area contributed by atoms with E-state index in [4.69, 9.17) is 5.73 Å². The van der Waals surface area contributed by atoms with E-state index in [0.29, 0.717) is 11.5 Å². The molecule has 0 aromatic carbocycles. The van der Waals surface area contributed by atoms with Gasteiger partial charge in [0.1, 0.15) is 0 Å². The molecule has 2 N–H and O–H groups in total. The lowest BCUT2D eigenvalue weighted by Gasteiger charge is -2.23. The van der Waals surface area contributed by atoms with Crippen LogP contribution in [0.5, 0.6) is 0 Å². The van der Waals surface area contributed by atoms with Crippen molar-refractivity contribution in [3.05, 3.63) is 0 Å². The zero-order chi connectivity index (χ0) is 10.6. The quantitative estimate of drug-likeness (QED) is 0.671. The van der Waals surface area contributed by atoms with Crippen molar-refractivity contribution >= 4 is 0 Å². The first kappa shape index (κ1) is 12.0. The van der Waals surface area contributed by atoms with Gasteiger partial charge in [-0.25, -0.2) is 0 Å². The molecule has 0 heterocycles. The zero-order valence-electron chi connectivity index (χ0n) is 10.2. The zero-order valence-corrected chi connectivity index (χ0v) is 10.2. The maximum absolute atomic E-state index is 6.06. The Bertz CT molecular complexity index is 157. The second-order valence-electron chi connectivity index (χ2n) is 6.25. The Balaban J connectivity index is 2.28. The number of hydrogen-bond donors (Lipinski definition) is 1. The van der Waals surface area contributed by atoms with Crippen molar-refractivity contribution in [2.75, 3.05) is 0 Å². The van der Waals surface area contributed by atoms with Crippen LogP contribution in [0.4, 0.5) is 0 Å². The number of rotatable bonds is 2. The Hall–Kier alpha value is -0.0400. The van der Waals surface area contributed by atoms with Crippen molar-refractivity contribution in [1.29, 1.82) is 0 Å². The van der Waals surface area contributed by atoms with Gasteiger partial charge in [-0.05, 0) is 37.0 Å². The molecule has 14 heavy (non-hydrogen) atoms. The summed E-state index contributed by atoms with van der Waals surface area (Å²) in [6, 6.07) is 0.488. The van der Waals surface area contributed by atoms with Crippen molar-refractivity contribution in [1.82, 2.24) is 0 Å². The molecule has 1 heteroatoms. The SMILES string of the molecule is CC(C)(C)CCC1CCCCC(N)C1. The fourth-order valence-corrected chi connectivity index (χ4v) is 2.40. The van der Waals surface area contributed by atoms with Gasteiger partial charge >= 0.3 is 0 Å². The third-order valence-electron chi connectivity index (χ3n) is 3.38. The van der Waals surface area contributed by atoms with Crippen molar-refractivity contribution < 1.29 is 0 Å². The summed E-state index contributed by atoms with van der Waals surface area (Å²) in [6.07, 6.45) is 9.45. The highest BCUT2D eigenvalue weighted by molar-refractivity contribution is 4.75. The van der Waals surface area contributed by atoms with Crippen LogP contribution in [-0.2, 0) is 0 Å². The summed E-state index contributed by atoms with van der Waals surface area (Å²) in [5, 5.41) is 0. The minimum absolute atomic E-state index is 0.488. The van der Waals surface area contributed by atoms with Crippen LogP contribution in [0.15, 0.2) is 0 Å². The predicted molar refractivity (Wildman–Crippen MR) is 63.2 cm³/mol. The van der Waals surface area contributed by atoms with Crippen LogP contribution >= 0.6 is 0 Å². The normalized spacial score (nSPS) is 30.0. The molecule has 2 atom stereocenters. The van der Waals surface area contributed by atoms with Crippen molar-refractivity contribution in [3.8, 4) is 0 Å². The number of nitrogens with two attached hydrogens (primary N) is 1. The molecule has 0 aliphatic heterocycles. The Morgan fingerprint density at radius 1 is 1.14 bits per heavy atom.